The molecule has 0 saturated carbocycles. The molecule has 0 aromatic rings. The zero-order chi connectivity index (χ0) is 9.56. The lowest BCUT2D eigenvalue weighted by molar-refractivity contribution is -0.115. The van der Waals surface area contributed by atoms with Gasteiger partial charge in [-0.1, -0.05) is 6.58 Å². The van der Waals surface area contributed by atoms with Gasteiger partial charge in [-0.25, -0.2) is 4.79 Å². The summed E-state index contributed by atoms with van der Waals surface area (Å²) in [4.78, 5) is 21.0. The Morgan fingerprint density at radius 3 is 2.50 bits per heavy atom. The Bertz CT molecular complexity index is 198. The van der Waals surface area contributed by atoms with Crippen LogP contribution in [-0.4, -0.2) is 18.5 Å². The van der Waals surface area contributed by atoms with Crippen molar-refractivity contribution >= 4 is 11.9 Å². The average Bonchev–Trinajstić information content (AvgIpc) is 1.97. The predicted octanol–water partition coefficient (Wildman–Crippen LogP) is 1.01. The lowest BCUT2D eigenvalue weighted by Crippen LogP contribution is -2.14. The van der Waals surface area contributed by atoms with Crippen molar-refractivity contribution in [2.45, 2.75) is 19.8 Å². The van der Waals surface area contributed by atoms with E-state index in [-0.39, 0.29) is 12.4 Å². The number of nitrogens with two attached hydrogens (primary N) is 1. The second kappa shape index (κ2) is 5.35. The Morgan fingerprint density at radius 1 is 1.50 bits per heavy atom. The summed E-state index contributed by atoms with van der Waals surface area (Å²) in [5.74, 6) is -0.0110. The van der Waals surface area contributed by atoms with Gasteiger partial charge in [-0.05, 0) is 18.9 Å². The molecular formula is C8H13NO3. The van der Waals surface area contributed by atoms with Gasteiger partial charge in [0.2, 0.25) is 0 Å². The maximum atomic E-state index is 10.9. The molecule has 0 bridgehead atoms. The van der Waals surface area contributed by atoms with Gasteiger partial charge in [0.25, 0.3) is 0 Å². The first kappa shape index (κ1) is 10.7. The third kappa shape index (κ3) is 5.46. The van der Waals surface area contributed by atoms with E-state index >= 15 is 0 Å². The van der Waals surface area contributed by atoms with Crippen LogP contribution in [0, 0.1) is 0 Å². The van der Waals surface area contributed by atoms with Gasteiger partial charge in [0.15, 0.2) is 5.78 Å². The van der Waals surface area contributed by atoms with Gasteiger partial charge in [-0.3, -0.25) is 4.79 Å². The van der Waals surface area contributed by atoms with E-state index in [4.69, 9.17) is 5.73 Å². The highest BCUT2D eigenvalue weighted by Crippen LogP contribution is 1.99. The van der Waals surface area contributed by atoms with Crippen LogP contribution in [0.2, 0.25) is 0 Å². The molecule has 12 heavy (non-hydrogen) atoms. The van der Waals surface area contributed by atoms with E-state index in [0.29, 0.717) is 18.4 Å². The molecule has 0 atom stereocenters. The topological polar surface area (TPSA) is 69.4 Å². The summed E-state index contributed by atoms with van der Waals surface area (Å²) in [6.45, 7) is 5.33. The van der Waals surface area contributed by atoms with Crippen molar-refractivity contribution < 1.29 is 14.3 Å². The van der Waals surface area contributed by atoms with Crippen LogP contribution in [0.3, 0.4) is 0 Å². The molecule has 2 N–H and O–H groups in total. The van der Waals surface area contributed by atoms with Crippen molar-refractivity contribution in [3.05, 3.63) is 12.2 Å². The zero-order valence-electron chi connectivity index (χ0n) is 7.13. The summed E-state index contributed by atoms with van der Waals surface area (Å²) in [6.07, 6.45) is 0.0369. The lowest BCUT2D eigenvalue weighted by atomic mass is 10.1. The summed E-state index contributed by atoms with van der Waals surface area (Å²) in [6, 6.07) is 0. The molecule has 0 aromatic heterocycles. The molecule has 0 rings (SSSR count). The van der Waals surface area contributed by atoms with Crippen LogP contribution in [0.5, 0.6) is 0 Å². The standard InChI is InChI=1S/C8H13NO3/c1-6(2)7(10)4-3-5-12-8(9)11/h1,3-5H2,2H3,(H2,9,11). The average molecular weight is 171 g/mol. The number of ketones is 1. The molecule has 0 aliphatic rings. The van der Waals surface area contributed by atoms with Crippen LogP contribution in [0.15, 0.2) is 12.2 Å². The first-order valence-electron chi connectivity index (χ1n) is 3.65. The number of allylic oxidation sites excluding steroid dienone is 1. The number of carbonyl (C=O) groups excluding carboxylic acids is 2. The van der Waals surface area contributed by atoms with Crippen LogP contribution in [0.25, 0.3) is 0 Å². The third-order valence-corrected chi connectivity index (χ3v) is 1.27. The predicted molar refractivity (Wildman–Crippen MR) is 44.6 cm³/mol. The summed E-state index contributed by atoms with van der Waals surface area (Å²) in [5, 5.41) is 0. The number of amides is 1. The summed E-state index contributed by atoms with van der Waals surface area (Å²) in [5.41, 5.74) is 5.23. The van der Waals surface area contributed by atoms with Crippen molar-refractivity contribution in [1.82, 2.24) is 0 Å². The van der Waals surface area contributed by atoms with Crippen molar-refractivity contribution in [2.24, 2.45) is 5.73 Å². The molecule has 0 aliphatic heterocycles. The molecule has 0 aliphatic carbocycles. The summed E-state index contributed by atoms with van der Waals surface area (Å²) < 4.78 is 4.43. The van der Waals surface area contributed by atoms with Crippen LogP contribution >= 0.6 is 0 Å². The fourth-order valence-electron chi connectivity index (χ4n) is 0.619. The van der Waals surface area contributed by atoms with Gasteiger partial charge in [0.05, 0.1) is 6.61 Å². The van der Waals surface area contributed by atoms with E-state index in [1.165, 1.54) is 0 Å². The molecule has 4 nitrogen and oxygen atoms in total. The maximum absolute atomic E-state index is 10.9. The maximum Gasteiger partial charge on any atom is 0.404 e. The minimum atomic E-state index is -0.808. The monoisotopic (exact) mass is 171 g/mol. The molecule has 0 unspecified atom stereocenters. The fourth-order valence-corrected chi connectivity index (χ4v) is 0.619. The van der Waals surface area contributed by atoms with E-state index in [0.717, 1.165) is 0 Å². The zero-order valence-corrected chi connectivity index (χ0v) is 7.13. The Kier molecular flexibility index (Phi) is 4.76. The van der Waals surface area contributed by atoms with E-state index in [1.807, 2.05) is 0 Å². The quantitative estimate of drug-likeness (QED) is 0.495. The van der Waals surface area contributed by atoms with Crippen molar-refractivity contribution in [2.75, 3.05) is 6.61 Å². The normalized spacial score (nSPS) is 9.08. The minimum Gasteiger partial charge on any atom is -0.450 e. The lowest BCUT2D eigenvalue weighted by Gasteiger charge is -2.00. The van der Waals surface area contributed by atoms with Crippen molar-refractivity contribution in [1.29, 1.82) is 0 Å². The number of primary amides is 1. The highest BCUT2D eigenvalue weighted by atomic mass is 16.5. The Labute approximate surface area is 71.4 Å². The fraction of sp³-hybridized carbons (Fsp3) is 0.500. The van der Waals surface area contributed by atoms with E-state index in [9.17, 15) is 9.59 Å². The van der Waals surface area contributed by atoms with Crippen LogP contribution in [0.1, 0.15) is 19.8 Å². The van der Waals surface area contributed by atoms with Gasteiger partial charge in [0, 0.05) is 6.42 Å². The first-order valence-corrected chi connectivity index (χ1v) is 3.65. The molecule has 0 spiro atoms. The Morgan fingerprint density at radius 2 is 2.08 bits per heavy atom. The largest absolute Gasteiger partial charge is 0.450 e. The van der Waals surface area contributed by atoms with Gasteiger partial charge < -0.3 is 10.5 Å². The number of ether oxygens (including phenoxy) is 1. The molecule has 1 amide bonds. The smallest absolute Gasteiger partial charge is 0.404 e. The molecular weight excluding hydrogens is 158 g/mol. The van der Waals surface area contributed by atoms with Crippen molar-refractivity contribution in [3.8, 4) is 0 Å². The minimum absolute atomic E-state index is 0.0110. The van der Waals surface area contributed by atoms with Gasteiger partial charge >= 0.3 is 6.09 Å². The molecule has 0 fully saturated rings. The van der Waals surface area contributed by atoms with E-state index in [1.54, 1.807) is 6.92 Å². The summed E-state index contributed by atoms with van der Waals surface area (Å²) >= 11 is 0. The number of Topliss-reactive ketones (excluding diaryl/α,β-unsaturated/α-hetero) is 1. The van der Waals surface area contributed by atoms with Crippen LogP contribution in [-0.2, 0) is 9.53 Å². The molecule has 0 aromatic carbocycles. The Balaban J connectivity index is 3.38. The van der Waals surface area contributed by atoms with Crippen molar-refractivity contribution in [3.63, 3.8) is 0 Å². The number of rotatable bonds is 5. The second-order valence-electron chi connectivity index (χ2n) is 2.47. The van der Waals surface area contributed by atoms with Crippen LogP contribution in [0.4, 0.5) is 4.79 Å². The molecule has 0 radical (unpaired) electrons. The molecule has 0 heterocycles. The Hall–Kier alpha value is -1.32. The highest BCUT2D eigenvalue weighted by Gasteiger charge is 2.02. The number of hydrogen-bond acceptors (Lipinski definition) is 3. The van der Waals surface area contributed by atoms with E-state index < -0.39 is 6.09 Å². The molecule has 68 valence electrons. The SMILES string of the molecule is C=C(C)C(=O)CCCOC(N)=O. The van der Waals surface area contributed by atoms with Crippen LogP contribution < -0.4 is 5.73 Å². The summed E-state index contributed by atoms with van der Waals surface area (Å²) in [7, 11) is 0. The second-order valence-corrected chi connectivity index (χ2v) is 2.47. The molecule has 0 saturated heterocycles. The number of hydrogen-bond donors (Lipinski definition) is 1. The van der Waals surface area contributed by atoms with Gasteiger partial charge in [-0.2, -0.15) is 0 Å². The molecule has 4 heteroatoms. The van der Waals surface area contributed by atoms with E-state index in [2.05, 4.69) is 11.3 Å². The highest BCUT2D eigenvalue weighted by molar-refractivity contribution is 5.94. The number of carbonyl (C=O) groups is 2. The first-order chi connectivity index (χ1) is 5.54. The van der Waals surface area contributed by atoms with Gasteiger partial charge in [0.1, 0.15) is 0 Å². The van der Waals surface area contributed by atoms with Gasteiger partial charge in [-0.15, -0.1) is 0 Å². The third-order valence-electron chi connectivity index (χ3n) is 1.27.